The van der Waals surface area contributed by atoms with E-state index in [1.54, 1.807) is 0 Å². The SMILES string of the molecule is CC(C)c1oc(NC2CC3CCC2C3)nc1O. The molecule has 0 amide bonds. The zero-order valence-corrected chi connectivity index (χ0v) is 10.4. The highest BCUT2D eigenvalue weighted by Crippen LogP contribution is 2.45. The number of aromatic hydroxyl groups is 1. The number of nitrogens with zero attached hydrogens (tertiary/aromatic N) is 1. The van der Waals surface area contributed by atoms with Gasteiger partial charge in [-0.1, -0.05) is 20.3 Å². The zero-order chi connectivity index (χ0) is 12.0. The third-order valence-electron chi connectivity index (χ3n) is 4.21. The highest BCUT2D eigenvalue weighted by Gasteiger charge is 2.40. The number of hydrogen-bond donors (Lipinski definition) is 2. The Morgan fingerprint density at radius 3 is 2.71 bits per heavy atom. The molecular formula is C13H20N2O2. The van der Waals surface area contributed by atoms with Crippen molar-refractivity contribution in [2.24, 2.45) is 11.8 Å². The van der Waals surface area contributed by atoms with E-state index in [4.69, 9.17) is 4.42 Å². The molecule has 2 fully saturated rings. The molecule has 0 radical (unpaired) electrons. The molecule has 2 aliphatic carbocycles. The number of hydrogen-bond acceptors (Lipinski definition) is 4. The maximum Gasteiger partial charge on any atom is 0.298 e. The van der Waals surface area contributed by atoms with E-state index < -0.39 is 0 Å². The Hall–Kier alpha value is -1.19. The highest BCUT2D eigenvalue weighted by molar-refractivity contribution is 5.32. The average Bonchev–Trinajstić information content (AvgIpc) is 2.93. The van der Waals surface area contributed by atoms with Crippen LogP contribution in [-0.2, 0) is 0 Å². The molecule has 2 aliphatic rings. The molecule has 2 saturated carbocycles. The van der Waals surface area contributed by atoms with E-state index in [2.05, 4.69) is 10.3 Å². The minimum atomic E-state index is 0.0330. The van der Waals surface area contributed by atoms with Gasteiger partial charge in [0.2, 0.25) is 0 Å². The van der Waals surface area contributed by atoms with E-state index in [9.17, 15) is 5.11 Å². The van der Waals surface area contributed by atoms with Crippen LogP contribution in [-0.4, -0.2) is 16.1 Å². The van der Waals surface area contributed by atoms with Crippen molar-refractivity contribution in [1.29, 1.82) is 0 Å². The van der Waals surface area contributed by atoms with Crippen molar-refractivity contribution >= 4 is 6.01 Å². The summed E-state index contributed by atoms with van der Waals surface area (Å²) >= 11 is 0. The Morgan fingerprint density at radius 1 is 1.35 bits per heavy atom. The smallest absolute Gasteiger partial charge is 0.298 e. The summed E-state index contributed by atoms with van der Waals surface area (Å²) in [5.41, 5.74) is 0. The van der Waals surface area contributed by atoms with Gasteiger partial charge in [0.05, 0.1) is 0 Å². The third-order valence-corrected chi connectivity index (χ3v) is 4.21. The predicted octanol–water partition coefficient (Wildman–Crippen LogP) is 3.10. The van der Waals surface area contributed by atoms with Crippen LogP contribution in [0.25, 0.3) is 0 Å². The first-order valence-electron chi connectivity index (χ1n) is 6.59. The predicted molar refractivity (Wildman–Crippen MR) is 65.1 cm³/mol. The van der Waals surface area contributed by atoms with E-state index in [1.807, 2.05) is 13.8 Å². The van der Waals surface area contributed by atoms with Crippen LogP contribution >= 0.6 is 0 Å². The molecule has 0 saturated heterocycles. The van der Waals surface area contributed by atoms with Gasteiger partial charge in [-0.2, -0.15) is 4.98 Å². The van der Waals surface area contributed by atoms with Gasteiger partial charge in [0, 0.05) is 12.0 Å². The molecular weight excluding hydrogens is 216 g/mol. The summed E-state index contributed by atoms with van der Waals surface area (Å²) in [5.74, 6) is 2.45. The Morgan fingerprint density at radius 2 is 2.18 bits per heavy atom. The molecule has 4 heteroatoms. The summed E-state index contributed by atoms with van der Waals surface area (Å²) in [6.07, 6.45) is 5.29. The first kappa shape index (κ1) is 10.9. The van der Waals surface area contributed by atoms with E-state index in [0.717, 1.165) is 11.8 Å². The average molecular weight is 236 g/mol. The van der Waals surface area contributed by atoms with Gasteiger partial charge in [-0.25, -0.2) is 0 Å². The second-order valence-corrected chi connectivity index (χ2v) is 5.79. The van der Waals surface area contributed by atoms with Crippen LogP contribution in [0.2, 0.25) is 0 Å². The molecule has 3 rings (SSSR count). The van der Waals surface area contributed by atoms with Crippen molar-refractivity contribution in [2.75, 3.05) is 5.32 Å². The molecule has 3 unspecified atom stereocenters. The lowest BCUT2D eigenvalue weighted by Gasteiger charge is -2.21. The van der Waals surface area contributed by atoms with E-state index >= 15 is 0 Å². The van der Waals surface area contributed by atoms with E-state index in [-0.39, 0.29) is 11.8 Å². The van der Waals surface area contributed by atoms with Crippen molar-refractivity contribution in [1.82, 2.24) is 4.98 Å². The van der Waals surface area contributed by atoms with Gasteiger partial charge in [0.25, 0.3) is 11.9 Å². The normalized spacial score (nSPS) is 31.4. The molecule has 94 valence electrons. The fourth-order valence-corrected chi connectivity index (χ4v) is 3.34. The van der Waals surface area contributed by atoms with Crippen LogP contribution in [0.5, 0.6) is 5.88 Å². The Bertz CT molecular complexity index is 414. The maximum atomic E-state index is 9.66. The lowest BCUT2D eigenvalue weighted by Crippen LogP contribution is -2.25. The largest absolute Gasteiger partial charge is 0.491 e. The number of fused-ring (bicyclic) bond motifs is 2. The second-order valence-electron chi connectivity index (χ2n) is 5.79. The van der Waals surface area contributed by atoms with Crippen molar-refractivity contribution in [3.8, 4) is 5.88 Å². The van der Waals surface area contributed by atoms with Gasteiger partial charge in [-0.15, -0.1) is 0 Å². The molecule has 4 nitrogen and oxygen atoms in total. The maximum absolute atomic E-state index is 9.66. The summed E-state index contributed by atoms with van der Waals surface area (Å²) in [5, 5.41) is 13.0. The first-order valence-corrected chi connectivity index (χ1v) is 6.59. The highest BCUT2D eigenvalue weighted by atomic mass is 16.4. The molecule has 1 aromatic rings. The van der Waals surface area contributed by atoms with Crippen LogP contribution in [0.4, 0.5) is 6.01 Å². The summed E-state index contributed by atoms with van der Waals surface area (Å²) < 4.78 is 5.57. The fraction of sp³-hybridized carbons (Fsp3) is 0.769. The van der Waals surface area contributed by atoms with Gasteiger partial charge in [-0.3, -0.25) is 0 Å². The number of oxazole rings is 1. The van der Waals surface area contributed by atoms with Gasteiger partial charge in [0.1, 0.15) is 0 Å². The molecule has 3 atom stereocenters. The van der Waals surface area contributed by atoms with Crippen LogP contribution in [0.3, 0.4) is 0 Å². The molecule has 0 aliphatic heterocycles. The number of anilines is 1. The summed E-state index contributed by atoms with van der Waals surface area (Å²) in [4.78, 5) is 4.06. The Labute approximate surface area is 101 Å². The lowest BCUT2D eigenvalue weighted by atomic mass is 9.96. The lowest BCUT2D eigenvalue weighted by molar-refractivity contribution is 0.408. The van der Waals surface area contributed by atoms with Crippen LogP contribution < -0.4 is 5.32 Å². The first-order chi connectivity index (χ1) is 8.13. The number of rotatable bonds is 3. The minimum Gasteiger partial charge on any atom is -0.491 e. The van der Waals surface area contributed by atoms with E-state index in [0.29, 0.717) is 17.8 Å². The molecule has 1 aromatic heterocycles. The quantitative estimate of drug-likeness (QED) is 0.846. The standard InChI is InChI=1S/C13H20N2O2/c1-7(2)11-12(16)15-13(17-11)14-10-6-8-3-4-9(10)5-8/h7-10,16H,3-6H2,1-2H3,(H,14,15). The Kier molecular flexibility index (Phi) is 2.53. The van der Waals surface area contributed by atoms with Gasteiger partial charge in [0.15, 0.2) is 5.76 Å². The van der Waals surface area contributed by atoms with Crippen LogP contribution in [0, 0.1) is 11.8 Å². The van der Waals surface area contributed by atoms with Crippen molar-refractivity contribution < 1.29 is 9.52 Å². The fourth-order valence-electron chi connectivity index (χ4n) is 3.34. The van der Waals surface area contributed by atoms with Crippen LogP contribution in [0.15, 0.2) is 4.42 Å². The summed E-state index contributed by atoms with van der Waals surface area (Å²) in [6, 6.07) is 0.982. The minimum absolute atomic E-state index is 0.0330. The number of aromatic nitrogens is 1. The Balaban J connectivity index is 1.71. The van der Waals surface area contributed by atoms with Gasteiger partial charge in [-0.05, 0) is 31.1 Å². The molecule has 17 heavy (non-hydrogen) atoms. The zero-order valence-electron chi connectivity index (χ0n) is 10.4. The molecule has 0 aromatic carbocycles. The molecule has 0 spiro atoms. The van der Waals surface area contributed by atoms with Crippen molar-refractivity contribution in [3.05, 3.63) is 5.76 Å². The molecule has 2 N–H and O–H groups in total. The number of nitrogens with one attached hydrogen (secondary N) is 1. The summed E-state index contributed by atoms with van der Waals surface area (Å²) in [6.45, 7) is 3.98. The van der Waals surface area contributed by atoms with Gasteiger partial charge < -0.3 is 14.8 Å². The van der Waals surface area contributed by atoms with Crippen molar-refractivity contribution in [3.63, 3.8) is 0 Å². The topological polar surface area (TPSA) is 58.3 Å². The van der Waals surface area contributed by atoms with Crippen LogP contribution in [0.1, 0.15) is 51.2 Å². The molecule has 1 heterocycles. The van der Waals surface area contributed by atoms with E-state index in [1.165, 1.54) is 25.7 Å². The van der Waals surface area contributed by atoms with Crippen molar-refractivity contribution in [2.45, 2.75) is 51.5 Å². The third kappa shape index (κ3) is 1.90. The van der Waals surface area contributed by atoms with Gasteiger partial charge >= 0.3 is 0 Å². The summed E-state index contributed by atoms with van der Waals surface area (Å²) in [7, 11) is 0. The monoisotopic (exact) mass is 236 g/mol. The second kappa shape index (κ2) is 3.93. The molecule has 2 bridgehead atoms.